The van der Waals surface area contributed by atoms with Gasteiger partial charge in [0.1, 0.15) is 5.75 Å². The number of nitrogens with one attached hydrogen (secondary N) is 1. The number of phenolic OH excluding ortho intramolecular Hbond substituents is 1. The summed E-state index contributed by atoms with van der Waals surface area (Å²) in [6, 6.07) is 8.61. The molecular weight excluding hydrogens is 300 g/mol. The van der Waals surface area contributed by atoms with Gasteiger partial charge in [0.15, 0.2) is 5.16 Å². The van der Waals surface area contributed by atoms with Crippen molar-refractivity contribution < 1.29 is 9.90 Å². The number of aryl methyl sites for hydroxylation is 2. The zero-order valence-electron chi connectivity index (χ0n) is 12.3. The molecule has 2 N–H and O–H groups in total. The normalized spacial score (nSPS) is 10.8. The van der Waals surface area contributed by atoms with E-state index in [1.54, 1.807) is 24.3 Å². The number of hydrazone groups is 1. The van der Waals surface area contributed by atoms with Crippen LogP contribution >= 0.6 is 11.8 Å². The Kier molecular flexibility index (Phi) is 5.48. The molecule has 0 spiro atoms. The molecule has 0 unspecified atom stereocenters. The number of nitrogens with zero attached hydrogens (tertiary/aromatic N) is 3. The lowest BCUT2D eigenvalue weighted by molar-refractivity contribution is -0.118. The highest BCUT2D eigenvalue weighted by Crippen LogP contribution is 2.14. The molecule has 1 aromatic carbocycles. The van der Waals surface area contributed by atoms with E-state index < -0.39 is 0 Å². The molecule has 0 saturated carbocycles. The lowest BCUT2D eigenvalue weighted by Crippen LogP contribution is -2.19. The lowest BCUT2D eigenvalue weighted by Gasteiger charge is -2.02. The number of hydrogen-bond acceptors (Lipinski definition) is 6. The molecule has 0 atom stereocenters. The van der Waals surface area contributed by atoms with Crippen molar-refractivity contribution in [2.75, 3.05) is 5.75 Å². The average molecular weight is 316 g/mol. The SMILES string of the molecule is Cc1cc(C)nc(SCC(=O)N/N=C/c2ccccc2O)n1. The van der Waals surface area contributed by atoms with Crippen molar-refractivity contribution >= 4 is 23.9 Å². The fourth-order valence-electron chi connectivity index (χ4n) is 1.69. The molecule has 2 aromatic rings. The number of hydrogen-bond donors (Lipinski definition) is 2. The first-order valence-electron chi connectivity index (χ1n) is 6.59. The van der Waals surface area contributed by atoms with Gasteiger partial charge in [0.25, 0.3) is 5.91 Å². The fraction of sp³-hybridized carbons (Fsp3) is 0.200. The number of aromatic nitrogens is 2. The van der Waals surface area contributed by atoms with Crippen LogP contribution in [0, 0.1) is 13.8 Å². The first kappa shape index (κ1) is 16.0. The van der Waals surface area contributed by atoms with Gasteiger partial charge in [0.2, 0.25) is 0 Å². The number of amides is 1. The van der Waals surface area contributed by atoms with Crippen LogP contribution in [0.4, 0.5) is 0 Å². The average Bonchev–Trinajstić information content (AvgIpc) is 2.46. The van der Waals surface area contributed by atoms with E-state index >= 15 is 0 Å². The lowest BCUT2D eigenvalue weighted by atomic mass is 10.2. The zero-order chi connectivity index (χ0) is 15.9. The van der Waals surface area contributed by atoms with Crippen LogP contribution in [0.15, 0.2) is 40.6 Å². The number of aromatic hydroxyl groups is 1. The monoisotopic (exact) mass is 316 g/mol. The van der Waals surface area contributed by atoms with Gasteiger partial charge in [-0.3, -0.25) is 4.79 Å². The highest BCUT2D eigenvalue weighted by molar-refractivity contribution is 7.99. The highest BCUT2D eigenvalue weighted by atomic mass is 32.2. The third kappa shape index (κ3) is 4.85. The van der Waals surface area contributed by atoms with E-state index in [0.29, 0.717) is 10.7 Å². The van der Waals surface area contributed by atoms with Crippen LogP contribution in [0.2, 0.25) is 0 Å². The smallest absolute Gasteiger partial charge is 0.250 e. The predicted molar refractivity (Wildman–Crippen MR) is 86.1 cm³/mol. The van der Waals surface area contributed by atoms with Gasteiger partial charge in [0.05, 0.1) is 12.0 Å². The van der Waals surface area contributed by atoms with E-state index in [1.165, 1.54) is 18.0 Å². The second-order valence-corrected chi connectivity index (χ2v) is 5.52. The van der Waals surface area contributed by atoms with Gasteiger partial charge >= 0.3 is 0 Å². The minimum Gasteiger partial charge on any atom is -0.507 e. The molecule has 1 amide bonds. The van der Waals surface area contributed by atoms with Crippen molar-refractivity contribution in [2.45, 2.75) is 19.0 Å². The molecule has 0 saturated heterocycles. The molecule has 2 rings (SSSR count). The van der Waals surface area contributed by atoms with Crippen LogP contribution in [-0.2, 0) is 4.79 Å². The molecule has 0 fully saturated rings. The van der Waals surface area contributed by atoms with E-state index in [1.807, 2.05) is 19.9 Å². The van der Waals surface area contributed by atoms with Crippen molar-refractivity contribution in [1.82, 2.24) is 15.4 Å². The van der Waals surface area contributed by atoms with Crippen LogP contribution < -0.4 is 5.43 Å². The van der Waals surface area contributed by atoms with Crippen LogP contribution in [0.3, 0.4) is 0 Å². The Labute approximate surface area is 132 Å². The van der Waals surface area contributed by atoms with Crippen LogP contribution in [0.5, 0.6) is 5.75 Å². The van der Waals surface area contributed by atoms with Crippen molar-refractivity contribution in [2.24, 2.45) is 5.10 Å². The van der Waals surface area contributed by atoms with Gasteiger partial charge < -0.3 is 5.11 Å². The Morgan fingerprint density at radius 3 is 2.68 bits per heavy atom. The van der Waals surface area contributed by atoms with Gasteiger partial charge in [-0.25, -0.2) is 15.4 Å². The second kappa shape index (κ2) is 7.56. The van der Waals surface area contributed by atoms with E-state index in [2.05, 4.69) is 20.5 Å². The summed E-state index contributed by atoms with van der Waals surface area (Å²) < 4.78 is 0. The maximum Gasteiger partial charge on any atom is 0.250 e. The number of phenols is 1. The number of benzene rings is 1. The minimum absolute atomic E-state index is 0.110. The fourth-order valence-corrected chi connectivity index (χ4v) is 2.43. The molecule has 1 aromatic heterocycles. The molecule has 0 radical (unpaired) electrons. The molecule has 1 heterocycles. The maximum atomic E-state index is 11.7. The Morgan fingerprint density at radius 2 is 2.00 bits per heavy atom. The number of para-hydroxylation sites is 1. The summed E-state index contributed by atoms with van der Waals surface area (Å²) in [6.45, 7) is 3.77. The largest absolute Gasteiger partial charge is 0.507 e. The van der Waals surface area contributed by atoms with Gasteiger partial charge in [-0.1, -0.05) is 23.9 Å². The van der Waals surface area contributed by atoms with E-state index in [-0.39, 0.29) is 17.4 Å². The molecule has 114 valence electrons. The molecule has 0 bridgehead atoms. The third-order valence-corrected chi connectivity index (χ3v) is 3.47. The van der Waals surface area contributed by atoms with Gasteiger partial charge in [-0.2, -0.15) is 5.10 Å². The number of carbonyl (C=O) groups excluding carboxylic acids is 1. The van der Waals surface area contributed by atoms with Gasteiger partial charge in [-0.15, -0.1) is 0 Å². The van der Waals surface area contributed by atoms with Gasteiger partial charge in [0, 0.05) is 17.0 Å². The molecule has 22 heavy (non-hydrogen) atoms. The Bertz CT molecular complexity index is 683. The van der Waals surface area contributed by atoms with Gasteiger partial charge in [-0.05, 0) is 32.0 Å². The molecule has 7 heteroatoms. The van der Waals surface area contributed by atoms with Crippen LogP contribution in [0.25, 0.3) is 0 Å². The summed E-state index contributed by atoms with van der Waals surface area (Å²) in [5, 5.41) is 13.9. The number of thioether (sulfide) groups is 1. The predicted octanol–water partition coefficient (Wildman–Crippen LogP) is 2.04. The van der Waals surface area contributed by atoms with Crippen molar-refractivity contribution in [3.8, 4) is 5.75 Å². The summed E-state index contributed by atoms with van der Waals surface area (Å²) in [7, 11) is 0. The molecule has 0 aliphatic rings. The molecule has 0 aliphatic carbocycles. The van der Waals surface area contributed by atoms with Crippen molar-refractivity contribution in [3.05, 3.63) is 47.3 Å². The number of rotatable bonds is 5. The first-order valence-corrected chi connectivity index (χ1v) is 7.58. The second-order valence-electron chi connectivity index (χ2n) is 4.57. The Balaban J connectivity index is 1.84. The Morgan fingerprint density at radius 1 is 1.32 bits per heavy atom. The summed E-state index contributed by atoms with van der Waals surface area (Å²) in [6.07, 6.45) is 1.39. The summed E-state index contributed by atoms with van der Waals surface area (Å²) >= 11 is 1.25. The summed E-state index contributed by atoms with van der Waals surface area (Å²) in [5.41, 5.74) is 4.67. The molecule has 6 nitrogen and oxygen atoms in total. The summed E-state index contributed by atoms with van der Waals surface area (Å²) in [4.78, 5) is 20.2. The Hall–Kier alpha value is -2.41. The quantitative estimate of drug-likeness (QED) is 0.381. The van der Waals surface area contributed by atoms with Crippen LogP contribution in [0.1, 0.15) is 17.0 Å². The van der Waals surface area contributed by atoms with Crippen molar-refractivity contribution in [3.63, 3.8) is 0 Å². The van der Waals surface area contributed by atoms with E-state index in [9.17, 15) is 9.90 Å². The van der Waals surface area contributed by atoms with E-state index in [4.69, 9.17) is 0 Å². The first-order chi connectivity index (χ1) is 10.5. The maximum absolute atomic E-state index is 11.7. The molecule has 0 aliphatic heterocycles. The standard InChI is InChI=1S/C15H16N4O2S/c1-10-7-11(2)18-15(17-10)22-9-14(21)19-16-8-12-5-3-4-6-13(12)20/h3-8,20H,9H2,1-2H3,(H,19,21)/b16-8+. The van der Waals surface area contributed by atoms with E-state index in [0.717, 1.165) is 11.4 Å². The molecular formula is C15H16N4O2S. The van der Waals surface area contributed by atoms with Crippen molar-refractivity contribution in [1.29, 1.82) is 0 Å². The zero-order valence-corrected chi connectivity index (χ0v) is 13.1. The topological polar surface area (TPSA) is 87.5 Å². The number of carbonyl (C=O) groups is 1. The summed E-state index contributed by atoms with van der Waals surface area (Å²) in [5.74, 6) is 0.0130. The minimum atomic E-state index is -0.264. The van der Waals surface area contributed by atoms with Crippen LogP contribution in [-0.4, -0.2) is 32.9 Å². The third-order valence-electron chi connectivity index (χ3n) is 2.62. The highest BCUT2D eigenvalue weighted by Gasteiger charge is 2.05.